The van der Waals surface area contributed by atoms with Crippen molar-refractivity contribution < 1.29 is 0 Å². The highest BCUT2D eigenvalue weighted by atomic mass is 35.5. The minimum atomic E-state index is 0. The SMILES string of the molecule is CCC1=C(CC)C2=NC1=CC1=NC(=CC3=NC(=C(CC)C4=NC(=C2CC)C(CC)=C4CC)C(CC)=C3CC)C=C1.Cl. The van der Waals surface area contributed by atoms with Gasteiger partial charge in [-0.25, -0.2) is 20.0 Å². The van der Waals surface area contributed by atoms with Gasteiger partial charge in [0, 0.05) is 11.1 Å². The number of rotatable bonds is 8. The maximum absolute atomic E-state index is 5.54. The van der Waals surface area contributed by atoms with Crippen molar-refractivity contribution in [2.24, 2.45) is 20.0 Å². The summed E-state index contributed by atoms with van der Waals surface area (Å²) in [6.45, 7) is 18.1. The lowest BCUT2D eigenvalue weighted by Gasteiger charge is -2.14. The number of fused-ring (bicyclic) bond motifs is 4. The monoisotopic (exact) mass is 568 g/mol. The smallest absolute Gasteiger partial charge is 0.0726 e. The van der Waals surface area contributed by atoms with E-state index in [2.05, 4.69) is 79.7 Å². The summed E-state index contributed by atoms with van der Waals surface area (Å²) in [7, 11) is 0. The van der Waals surface area contributed by atoms with Gasteiger partial charge in [-0.05, 0) is 109 Å². The summed E-state index contributed by atoms with van der Waals surface area (Å²) in [5.41, 5.74) is 19.3. The molecule has 0 aromatic carbocycles. The van der Waals surface area contributed by atoms with Gasteiger partial charge in [-0.3, -0.25) is 0 Å². The van der Waals surface area contributed by atoms with E-state index in [1.807, 2.05) is 0 Å². The van der Waals surface area contributed by atoms with E-state index in [1.54, 1.807) is 0 Å². The zero-order valence-corrected chi connectivity index (χ0v) is 27.0. The summed E-state index contributed by atoms with van der Waals surface area (Å²) in [4.78, 5) is 21.2. The van der Waals surface area contributed by atoms with Gasteiger partial charge >= 0.3 is 0 Å². The Bertz CT molecular complexity index is 1540. The number of allylic oxidation sites excluding steroid dienone is 12. The summed E-state index contributed by atoms with van der Waals surface area (Å²) in [6.07, 6.45) is 16.1. The van der Waals surface area contributed by atoms with Crippen LogP contribution in [0.3, 0.4) is 0 Å². The van der Waals surface area contributed by atoms with Gasteiger partial charge in [0.25, 0.3) is 0 Å². The molecular formula is C36H45ClN4. The fourth-order valence-electron chi connectivity index (χ4n) is 6.92. The minimum Gasteiger partial charge on any atom is -0.249 e. The molecule has 8 bridgehead atoms. The number of nitrogens with zero attached hydrogens (tertiary/aromatic N) is 4. The Balaban J connectivity index is 0.00000387. The van der Waals surface area contributed by atoms with Crippen LogP contribution < -0.4 is 0 Å². The lowest BCUT2D eigenvalue weighted by molar-refractivity contribution is 1.02. The number of hydrogen-bond acceptors (Lipinski definition) is 4. The molecule has 0 N–H and O–H groups in total. The Labute approximate surface area is 253 Å². The van der Waals surface area contributed by atoms with Gasteiger partial charge in [-0.2, -0.15) is 0 Å². The standard InChI is InChI=1S/C36H44N4.ClH/c1-9-23-25(11-3)33-29(15-7)35-27(13-5)28(14-6)36(40-35)30(16-8)34-26(12-4)24(10-2)32(39-34)20-22-18-17-21(37-22)19-31(23)38-33;/h17-20H,9-16H2,1-8H3;1H. The predicted molar refractivity (Wildman–Crippen MR) is 180 cm³/mol. The van der Waals surface area contributed by atoms with Crippen LogP contribution >= 0.6 is 12.4 Å². The van der Waals surface area contributed by atoms with Crippen LogP contribution in [0.5, 0.6) is 0 Å². The average molecular weight is 569 g/mol. The fourth-order valence-corrected chi connectivity index (χ4v) is 6.92. The maximum Gasteiger partial charge on any atom is 0.0726 e. The molecular weight excluding hydrogens is 524 g/mol. The molecule has 0 unspecified atom stereocenters. The van der Waals surface area contributed by atoms with Gasteiger partial charge in [-0.15, -0.1) is 12.4 Å². The van der Waals surface area contributed by atoms with Crippen LogP contribution in [0.1, 0.15) is 107 Å². The first-order valence-corrected chi connectivity index (χ1v) is 15.6. The average Bonchev–Trinajstić information content (AvgIpc) is 3.73. The van der Waals surface area contributed by atoms with Crippen molar-refractivity contribution in [3.63, 3.8) is 0 Å². The number of hydrogen-bond donors (Lipinski definition) is 0. The van der Waals surface area contributed by atoms with Gasteiger partial charge in [0.05, 0.1) is 45.6 Å². The highest BCUT2D eigenvalue weighted by Crippen LogP contribution is 2.43. The third-order valence-electron chi connectivity index (χ3n) is 8.77. The molecule has 5 aliphatic heterocycles. The maximum atomic E-state index is 5.54. The molecule has 5 heterocycles. The molecule has 0 radical (unpaired) electrons. The molecule has 0 atom stereocenters. The number of halogens is 1. The van der Waals surface area contributed by atoms with Gasteiger partial charge < -0.3 is 0 Å². The van der Waals surface area contributed by atoms with Crippen molar-refractivity contribution in [2.75, 3.05) is 0 Å². The molecule has 5 aliphatic rings. The molecule has 4 nitrogen and oxygen atoms in total. The van der Waals surface area contributed by atoms with Crippen LogP contribution in [0.25, 0.3) is 0 Å². The lowest BCUT2D eigenvalue weighted by atomic mass is 9.88. The number of aliphatic imine (C=N–C) groups is 4. The molecule has 0 aromatic heterocycles. The van der Waals surface area contributed by atoms with Crippen molar-refractivity contribution in [1.82, 2.24) is 0 Å². The van der Waals surface area contributed by atoms with Crippen LogP contribution in [0, 0.1) is 0 Å². The zero-order chi connectivity index (χ0) is 28.6. The lowest BCUT2D eigenvalue weighted by Crippen LogP contribution is -2.07. The van der Waals surface area contributed by atoms with E-state index in [4.69, 9.17) is 20.0 Å². The first kappa shape index (κ1) is 30.8. The second kappa shape index (κ2) is 12.8. The Morgan fingerprint density at radius 3 is 1.49 bits per heavy atom. The van der Waals surface area contributed by atoms with Crippen molar-refractivity contribution in [3.8, 4) is 0 Å². The van der Waals surface area contributed by atoms with E-state index in [0.29, 0.717) is 0 Å². The van der Waals surface area contributed by atoms with Gasteiger partial charge in [0.1, 0.15) is 0 Å². The summed E-state index contributed by atoms with van der Waals surface area (Å²) in [5, 5.41) is 0. The largest absolute Gasteiger partial charge is 0.249 e. The minimum absolute atomic E-state index is 0. The summed E-state index contributed by atoms with van der Waals surface area (Å²) >= 11 is 0. The van der Waals surface area contributed by atoms with Crippen molar-refractivity contribution in [3.05, 3.63) is 91.7 Å². The Hall–Kier alpha value is -3.11. The van der Waals surface area contributed by atoms with Gasteiger partial charge in [-0.1, -0.05) is 55.4 Å². The van der Waals surface area contributed by atoms with E-state index in [1.165, 1.54) is 44.6 Å². The Morgan fingerprint density at radius 1 is 0.439 bits per heavy atom. The molecule has 5 heteroatoms. The summed E-state index contributed by atoms with van der Waals surface area (Å²) < 4.78 is 0. The zero-order valence-electron chi connectivity index (χ0n) is 26.2. The van der Waals surface area contributed by atoms with Crippen molar-refractivity contribution in [2.45, 2.75) is 107 Å². The summed E-state index contributed by atoms with van der Waals surface area (Å²) in [6, 6.07) is 0. The van der Waals surface area contributed by atoms with Gasteiger partial charge in [0.2, 0.25) is 0 Å². The molecule has 0 aromatic rings. The van der Waals surface area contributed by atoms with Crippen LogP contribution in [0.4, 0.5) is 0 Å². The second-order valence-electron chi connectivity index (χ2n) is 10.7. The molecule has 0 spiro atoms. The Kier molecular flexibility index (Phi) is 9.64. The second-order valence-corrected chi connectivity index (χ2v) is 10.7. The molecule has 0 saturated heterocycles. The third kappa shape index (κ3) is 5.09. The first-order chi connectivity index (χ1) is 19.5. The highest BCUT2D eigenvalue weighted by molar-refractivity contribution is 6.22. The van der Waals surface area contributed by atoms with Crippen molar-refractivity contribution >= 4 is 35.3 Å². The van der Waals surface area contributed by atoms with E-state index in [-0.39, 0.29) is 12.4 Å². The molecule has 5 rings (SSSR count). The van der Waals surface area contributed by atoms with E-state index < -0.39 is 0 Å². The molecule has 0 aliphatic carbocycles. The highest BCUT2D eigenvalue weighted by Gasteiger charge is 2.33. The molecule has 41 heavy (non-hydrogen) atoms. The van der Waals surface area contributed by atoms with Crippen molar-refractivity contribution in [1.29, 1.82) is 0 Å². The molecule has 0 fully saturated rings. The first-order valence-electron chi connectivity index (χ1n) is 15.6. The topological polar surface area (TPSA) is 49.4 Å². The Morgan fingerprint density at radius 2 is 0.927 bits per heavy atom. The van der Waals surface area contributed by atoms with Crippen LogP contribution in [0.2, 0.25) is 0 Å². The van der Waals surface area contributed by atoms with Crippen LogP contribution in [-0.4, -0.2) is 22.8 Å². The quantitative estimate of drug-likeness (QED) is 0.279. The molecule has 0 amide bonds. The molecule has 0 saturated carbocycles. The predicted octanol–water partition coefficient (Wildman–Crippen LogP) is 10.2. The third-order valence-corrected chi connectivity index (χ3v) is 8.77. The van der Waals surface area contributed by atoms with Crippen LogP contribution in [0.15, 0.2) is 112 Å². The fraction of sp³-hybridized carbons (Fsp3) is 0.444. The van der Waals surface area contributed by atoms with E-state index in [9.17, 15) is 0 Å². The summed E-state index contributed by atoms with van der Waals surface area (Å²) in [5.74, 6) is 0. The molecule has 216 valence electrons. The normalized spacial score (nSPS) is 20.1. The van der Waals surface area contributed by atoms with Crippen LogP contribution in [-0.2, 0) is 0 Å². The van der Waals surface area contributed by atoms with E-state index in [0.717, 1.165) is 97.0 Å². The van der Waals surface area contributed by atoms with E-state index >= 15 is 0 Å². The van der Waals surface area contributed by atoms with Gasteiger partial charge in [0.15, 0.2) is 0 Å².